The molecule has 158 valence electrons. The molecule has 0 spiro atoms. The summed E-state index contributed by atoms with van der Waals surface area (Å²) < 4.78 is 25.9. The van der Waals surface area contributed by atoms with Crippen LogP contribution in [0.5, 0.6) is 0 Å². The Morgan fingerprint density at radius 2 is 1.60 bits per heavy atom. The first-order valence-corrected chi connectivity index (χ1v) is 11.9. The molecular weight excluding hydrogens is 394 g/mol. The van der Waals surface area contributed by atoms with Crippen LogP contribution in [-0.2, 0) is 9.84 Å². The zero-order chi connectivity index (χ0) is 21.4. The van der Waals surface area contributed by atoms with Gasteiger partial charge in [0.05, 0.1) is 15.3 Å². The van der Waals surface area contributed by atoms with Crippen LogP contribution in [0.2, 0.25) is 0 Å². The van der Waals surface area contributed by atoms with Crippen molar-refractivity contribution in [3.63, 3.8) is 0 Å². The SMILES string of the molecule is CC(C)(C)CN1CCN(c2ccc3ncc(S(=O)(=O)c4ccccc4)cc3c2)CC1. The van der Waals surface area contributed by atoms with Crippen molar-refractivity contribution in [3.8, 4) is 0 Å². The molecule has 4 rings (SSSR count). The van der Waals surface area contributed by atoms with Crippen LogP contribution in [0, 0.1) is 5.41 Å². The first-order valence-electron chi connectivity index (χ1n) is 10.4. The van der Waals surface area contributed by atoms with Crippen LogP contribution in [0.25, 0.3) is 10.9 Å². The van der Waals surface area contributed by atoms with E-state index >= 15 is 0 Å². The monoisotopic (exact) mass is 423 g/mol. The molecule has 0 radical (unpaired) electrons. The number of piperazine rings is 1. The molecular formula is C24H29N3O2S. The maximum absolute atomic E-state index is 13.0. The van der Waals surface area contributed by atoms with Crippen LogP contribution in [0.4, 0.5) is 5.69 Å². The fourth-order valence-electron chi connectivity index (χ4n) is 4.01. The van der Waals surface area contributed by atoms with Gasteiger partial charge in [0.2, 0.25) is 9.84 Å². The van der Waals surface area contributed by atoms with Crippen molar-refractivity contribution < 1.29 is 8.42 Å². The van der Waals surface area contributed by atoms with E-state index in [2.05, 4.69) is 47.7 Å². The fourth-order valence-corrected chi connectivity index (χ4v) is 5.27. The predicted molar refractivity (Wildman–Crippen MR) is 122 cm³/mol. The molecule has 0 N–H and O–H groups in total. The first-order chi connectivity index (χ1) is 14.2. The van der Waals surface area contributed by atoms with Gasteiger partial charge in [-0.3, -0.25) is 9.88 Å². The molecule has 3 aromatic rings. The number of hydrogen-bond acceptors (Lipinski definition) is 5. The Balaban J connectivity index is 1.57. The zero-order valence-corrected chi connectivity index (χ0v) is 18.7. The van der Waals surface area contributed by atoms with Crippen LogP contribution in [-0.4, -0.2) is 51.0 Å². The Labute approximate surface area is 179 Å². The molecule has 0 bridgehead atoms. The Morgan fingerprint density at radius 3 is 2.27 bits per heavy atom. The lowest BCUT2D eigenvalue weighted by atomic mass is 9.96. The second kappa shape index (κ2) is 8.00. The molecule has 6 heteroatoms. The smallest absolute Gasteiger partial charge is 0.208 e. The third kappa shape index (κ3) is 4.50. The third-order valence-corrected chi connectivity index (χ3v) is 7.18. The maximum Gasteiger partial charge on any atom is 0.208 e. The maximum atomic E-state index is 13.0. The standard InChI is InChI=1S/C24H29N3O2S/c1-24(2,3)18-26-11-13-27(14-12-26)20-9-10-23-19(15-20)16-22(17-25-23)30(28,29)21-7-5-4-6-8-21/h4-10,15-17H,11-14,18H2,1-3H3. The molecule has 0 saturated carbocycles. The summed E-state index contributed by atoms with van der Waals surface area (Å²) in [6.07, 6.45) is 1.45. The van der Waals surface area contributed by atoms with Crippen LogP contribution in [0.15, 0.2) is 70.6 Å². The molecule has 1 fully saturated rings. The molecule has 2 aromatic carbocycles. The van der Waals surface area contributed by atoms with Gasteiger partial charge in [0.1, 0.15) is 0 Å². The Kier molecular flexibility index (Phi) is 5.55. The number of rotatable bonds is 4. The normalized spacial score (nSPS) is 16.2. The molecule has 1 aliphatic heterocycles. The highest BCUT2D eigenvalue weighted by Gasteiger charge is 2.22. The quantitative estimate of drug-likeness (QED) is 0.628. The zero-order valence-electron chi connectivity index (χ0n) is 17.9. The average Bonchev–Trinajstić information content (AvgIpc) is 2.73. The van der Waals surface area contributed by atoms with Crippen molar-refractivity contribution in [2.75, 3.05) is 37.6 Å². The minimum absolute atomic E-state index is 0.230. The number of hydrogen-bond donors (Lipinski definition) is 0. The minimum Gasteiger partial charge on any atom is -0.369 e. The molecule has 0 unspecified atom stereocenters. The molecule has 2 heterocycles. The van der Waals surface area contributed by atoms with Crippen LogP contribution in [0.3, 0.4) is 0 Å². The molecule has 5 nitrogen and oxygen atoms in total. The molecule has 1 aliphatic rings. The van der Waals surface area contributed by atoms with Crippen molar-refractivity contribution >= 4 is 26.4 Å². The van der Waals surface area contributed by atoms with E-state index in [9.17, 15) is 8.42 Å². The summed E-state index contributed by atoms with van der Waals surface area (Å²) in [5.41, 5.74) is 2.23. The van der Waals surface area contributed by atoms with Crippen molar-refractivity contribution in [2.45, 2.75) is 30.6 Å². The highest BCUT2D eigenvalue weighted by molar-refractivity contribution is 7.91. The second-order valence-electron chi connectivity index (χ2n) is 9.19. The van der Waals surface area contributed by atoms with Crippen molar-refractivity contribution in [1.29, 1.82) is 0 Å². The second-order valence-corrected chi connectivity index (χ2v) is 11.1. The topological polar surface area (TPSA) is 53.5 Å². The lowest BCUT2D eigenvalue weighted by Gasteiger charge is -2.38. The summed E-state index contributed by atoms with van der Waals surface area (Å²) in [5.74, 6) is 0. The molecule has 1 aromatic heterocycles. The van der Waals surface area contributed by atoms with Crippen LogP contribution < -0.4 is 4.90 Å². The van der Waals surface area contributed by atoms with E-state index in [1.54, 1.807) is 30.3 Å². The molecule has 0 amide bonds. The number of pyridine rings is 1. The number of nitrogens with zero attached hydrogens (tertiary/aromatic N) is 3. The van der Waals surface area contributed by atoms with Gasteiger partial charge >= 0.3 is 0 Å². The number of fused-ring (bicyclic) bond motifs is 1. The first kappa shape index (κ1) is 20.8. The molecule has 1 saturated heterocycles. The van der Waals surface area contributed by atoms with Gasteiger partial charge in [-0.1, -0.05) is 39.0 Å². The van der Waals surface area contributed by atoms with Gasteiger partial charge in [-0.2, -0.15) is 0 Å². The number of aromatic nitrogens is 1. The van der Waals surface area contributed by atoms with Gasteiger partial charge in [0, 0.05) is 50.0 Å². The van der Waals surface area contributed by atoms with Crippen molar-refractivity contribution in [3.05, 3.63) is 60.8 Å². The van der Waals surface area contributed by atoms with E-state index in [4.69, 9.17) is 0 Å². The summed E-state index contributed by atoms with van der Waals surface area (Å²) >= 11 is 0. The van der Waals surface area contributed by atoms with Crippen molar-refractivity contribution in [2.24, 2.45) is 5.41 Å². The van der Waals surface area contributed by atoms with Crippen LogP contribution in [0.1, 0.15) is 20.8 Å². The minimum atomic E-state index is -3.58. The van der Waals surface area contributed by atoms with Crippen LogP contribution >= 0.6 is 0 Å². The number of sulfone groups is 1. The van der Waals surface area contributed by atoms with E-state index < -0.39 is 9.84 Å². The van der Waals surface area contributed by atoms with E-state index in [0.717, 1.165) is 49.3 Å². The van der Waals surface area contributed by atoms with Gasteiger partial charge in [-0.15, -0.1) is 0 Å². The highest BCUT2D eigenvalue weighted by atomic mass is 32.2. The summed E-state index contributed by atoms with van der Waals surface area (Å²) in [7, 11) is -3.58. The van der Waals surface area contributed by atoms with Gasteiger partial charge < -0.3 is 4.90 Å². The molecule has 30 heavy (non-hydrogen) atoms. The van der Waals surface area contributed by atoms with Gasteiger partial charge in [-0.25, -0.2) is 8.42 Å². The van der Waals surface area contributed by atoms with Gasteiger partial charge in [0.15, 0.2) is 0 Å². The third-order valence-electron chi connectivity index (χ3n) is 5.44. The number of anilines is 1. The fraction of sp³-hybridized carbons (Fsp3) is 0.375. The average molecular weight is 424 g/mol. The van der Waals surface area contributed by atoms with Gasteiger partial charge in [-0.05, 0) is 41.8 Å². The summed E-state index contributed by atoms with van der Waals surface area (Å²) in [4.78, 5) is 9.81. The van der Waals surface area contributed by atoms with Gasteiger partial charge in [0.25, 0.3) is 0 Å². The lowest BCUT2D eigenvalue weighted by molar-refractivity contribution is 0.182. The Morgan fingerprint density at radius 1 is 0.900 bits per heavy atom. The summed E-state index contributed by atoms with van der Waals surface area (Å²) in [5, 5.41) is 0.849. The highest BCUT2D eigenvalue weighted by Crippen LogP contribution is 2.27. The van der Waals surface area contributed by atoms with E-state index in [1.807, 2.05) is 12.1 Å². The Bertz CT molecular complexity index is 1130. The lowest BCUT2D eigenvalue weighted by Crippen LogP contribution is -2.48. The van der Waals surface area contributed by atoms with E-state index in [-0.39, 0.29) is 9.79 Å². The van der Waals surface area contributed by atoms with E-state index in [0.29, 0.717) is 5.41 Å². The molecule has 0 atom stereocenters. The predicted octanol–water partition coefficient (Wildman–Crippen LogP) is 4.24. The van der Waals surface area contributed by atoms with Crippen molar-refractivity contribution in [1.82, 2.24) is 9.88 Å². The number of benzene rings is 2. The largest absolute Gasteiger partial charge is 0.369 e. The summed E-state index contributed by atoms with van der Waals surface area (Å²) in [6, 6.07) is 16.4. The summed E-state index contributed by atoms with van der Waals surface area (Å²) in [6.45, 7) is 11.9. The molecule has 0 aliphatic carbocycles. The van der Waals surface area contributed by atoms with E-state index in [1.165, 1.54) is 6.20 Å². The Hall–Kier alpha value is -2.44.